The van der Waals surface area contributed by atoms with Crippen molar-refractivity contribution in [3.63, 3.8) is 0 Å². The molecule has 12 heavy (non-hydrogen) atoms. The summed E-state index contributed by atoms with van der Waals surface area (Å²) in [5.74, 6) is -0.291. The number of rotatable bonds is 6. The van der Waals surface area contributed by atoms with E-state index in [9.17, 15) is 8.47 Å². The van der Waals surface area contributed by atoms with E-state index >= 15 is 0 Å². The van der Waals surface area contributed by atoms with Crippen LogP contribution < -0.4 is 0 Å². The fourth-order valence-electron chi connectivity index (χ4n) is 0.850. The van der Waals surface area contributed by atoms with Crippen molar-refractivity contribution in [3.05, 3.63) is 0 Å². The molecule has 0 fully saturated rings. The number of unbranched alkanes of at least 4 members (excludes halogenated alkanes) is 1. The second-order valence-electron chi connectivity index (χ2n) is 2.52. The number of carbonyl (C=O) groups is 1. The van der Waals surface area contributed by atoms with Gasteiger partial charge in [0.2, 0.25) is 0 Å². The Bertz CT molecular complexity index is 147. The van der Waals surface area contributed by atoms with Crippen LogP contribution in [0.2, 0.25) is 4.63 Å². The molecule has 0 aliphatic carbocycles. The molecule has 0 amide bonds. The second-order valence-corrected chi connectivity index (χ2v) is 3.82. The first-order valence-corrected chi connectivity index (χ1v) is 5.63. The molecule has 0 spiro atoms. The van der Waals surface area contributed by atoms with Crippen LogP contribution in [-0.2, 0) is 29.4 Å². The molecule has 0 radical (unpaired) electrons. The normalized spacial score (nSPS) is 12.2. The fraction of sp³-hybridized carbons (Fsp3) is 0.875. The molecule has 3 nitrogen and oxygen atoms in total. The van der Waals surface area contributed by atoms with Crippen LogP contribution >= 0.6 is 0 Å². The summed E-state index contributed by atoms with van der Waals surface area (Å²) in [7, 11) is 0. The summed E-state index contributed by atoms with van der Waals surface area (Å²) in [5, 5.41) is 0. The summed E-state index contributed by atoms with van der Waals surface area (Å²) in [6.07, 6.45) is 2.68. The third kappa shape index (κ3) is 4.68. The Morgan fingerprint density at radius 1 is 1.50 bits per heavy atom. The van der Waals surface area contributed by atoms with Crippen molar-refractivity contribution in [2.75, 3.05) is 6.61 Å². The maximum atomic E-state index is 11.1. The first kappa shape index (κ1) is 11.9. The zero-order chi connectivity index (χ0) is 9.40. The molecular weight excluding hydrogens is 195 g/mol. The molecule has 0 aromatic carbocycles. The van der Waals surface area contributed by atoms with Gasteiger partial charge in [-0.25, -0.2) is 0 Å². The van der Waals surface area contributed by atoms with E-state index in [2.05, 4.69) is 0 Å². The van der Waals surface area contributed by atoms with E-state index < -0.39 is 16.2 Å². The first-order valence-electron chi connectivity index (χ1n) is 4.25. The van der Waals surface area contributed by atoms with Crippen LogP contribution in [-0.4, -0.2) is 12.6 Å². The van der Waals surface area contributed by atoms with Gasteiger partial charge in [-0.3, -0.25) is 0 Å². The number of hydrogen-bond acceptors (Lipinski definition) is 3. The summed E-state index contributed by atoms with van der Waals surface area (Å²) < 4.78 is 15.1. The van der Waals surface area contributed by atoms with Crippen LogP contribution in [0, 0.1) is 0 Å². The van der Waals surface area contributed by atoms with Crippen LogP contribution in [0.15, 0.2) is 0 Å². The summed E-state index contributed by atoms with van der Waals surface area (Å²) in [4.78, 5) is 11.1. The summed E-state index contributed by atoms with van der Waals surface area (Å²) in [5.41, 5.74) is 0. The quantitative estimate of drug-likeness (QED) is 0.629. The Labute approximate surface area is 80.1 Å². The third-order valence-electron chi connectivity index (χ3n) is 1.52. The Morgan fingerprint density at radius 2 is 2.17 bits per heavy atom. The van der Waals surface area contributed by atoms with E-state index in [1.165, 1.54) is 0 Å². The van der Waals surface area contributed by atoms with Gasteiger partial charge >= 0.3 is 79.8 Å². The number of ether oxygens (including phenoxy) is 1. The molecule has 1 unspecified atom stereocenters. The van der Waals surface area contributed by atoms with Crippen LogP contribution in [0.25, 0.3) is 0 Å². The van der Waals surface area contributed by atoms with Gasteiger partial charge in [0.1, 0.15) is 0 Å². The number of esters is 1. The van der Waals surface area contributed by atoms with Crippen LogP contribution in [0.4, 0.5) is 0 Å². The van der Waals surface area contributed by atoms with Crippen molar-refractivity contribution >= 4 is 5.97 Å². The van der Waals surface area contributed by atoms with E-state index in [-0.39, 0.29) is 10.6 Å². The molecule has 1 atom stereocenters. The standard InChI is InChI=1S/C8H15O2.O.V/c1-3-5-6-7-8(9)10-4-2;;/h7H,3-6H2,1-2H3;;. The molecule has 0 aliphatic rings. The van der Waals surface area contributed by atoms with Crippen LogP contribution in [0.3, 0.4) is 0 Å². The predicted molar refractivity (Wildman–Crippen MR) is 40.6 cm³/mol. The molecule has 0 aromatic heterocycles. The zero-order valence-electron chi connectivity index (χ0n) is 7.58. The summed E-state index contributed by atoms with van der Waals surface area (Å²) in [6, 6.07) is 0. The van der Waals surface area contributed by atoms with Gasteiger partial charge in [0.05, 0.1) is 0 Å². The van der Waals surface area contributed by atoms with Gasteiger partial charge in [-0.05, 0) is 0 Å². The minimum absolute atomic E-state index is 0.291. The van der Waals surface area contributed by atoms with E-state index in [0.29, 0.717) is 13.0 Å². The molecule has 0 N–H and O–H groups in total. The fourth-order valence-corrected chi connectivity index (χ4v) is 1.55. The second kappa shape index (κ2) is 7.50. The van der Waals surface area contributed by atoms with Gasteiger partial charge in [0.15, 0.2) is 0 Å². The van der Waals surface area contributed by atoms with Crippen molar-refractivity contribution in [1.29, 1.82) is 0 Å². The number of carbonyl (C=O) groups excluding carboxylic acids is 1. The van der Waals surface area contributed by atoms with E-state index in [4.69, 9.17) is 4.74 Å². The average molecular weight is 210 g/mol. The van der Waals surface area contributed by atoms with Gasteiger partial charge in [-0.15, -0.1) is 0 Å². The monoisotopic (exact) mass is 210 g/mol. The van der Waals surface area contributed by atoms with Gasteiger partial charge in [0.25, 0.3) is 0 Å². The van der Waals surface area contributed by atoms with Crippen molar-refractivity contribution in [1.82, 2.24) is 0 Å². The maximum absolute atomic E-state index is 11.1. The number of hydrogen-bond donors (Lipinski definition) is 0. The topological polar surface area (TPSA) is 43.4 Å². The van der Waals surface area contributed by atoms with Crippen molar-refractivity contribution in [2.45, 2.75) is 37.7 Å². The molecule has 70 valence electrons. The Balaban J connectivity index is 3.79. The van der Waals surface area contributed by atoms with Gasteiger partial charge in [0, 0.05) is 0 Å². The average Bonchev–Trinajstić information content (AvgIpc) is 2.06. The third-order valence-corrected chi connectivity index (χ3v) is 2.65. The molecule has 0 rings (SSSR count). The predicted octanol–water partition coefficient (Wildman–Crippen LogP) is 1.96. The van der Waals surface area contributed by atoms with Crippen molar-refractivity contribution in [2.24, 2.45) is 0 Å². The molecule has 0 aromatic rings. The molecule has 0 bridgehead atoms. The van der Waals surface area contributed by atoms with Gasteiger partial charge in [-0.2, -0.15) is 0 Å². The summed E-state index contributed by atoms with van der Waals surface area (Å²) in [6.45, 7) is 4.18. The van der Waals surface area contributed by atoms with Crippen molar-refractivity contribution in [3.8, 4) is 0 Å². The Hall–Kier alpha value is -0.146. The Morgan fingerprint density at radius 3 is 2.58 bits per heavy atom. The minimum atomic E-state index is -1.12. The SMILES string of the molecule is CCCC[CH]([V]=[O])C(=O)OCC. The van der Waals surface area contributed by atoms with Crippen LogP contribution in [0.5, 0.6) is 0 Å². The van der Waals surface area contributed by atoms with E-state index in [0.717, 1.165) is 12.8 Å². The molecule has 0 saturated carbocycles. The molecule has 0 aliphatic heterocycles. The van der Waals surface area contributed by atoms with Gasteiger partial charge in [-0.1, -0.05) is 0 Å². The van der Waals surface area contributed by atoms with Gasteiger partial charge < -0.3 is 0 Å². The summed E-state index contributed by atoms with van der Waals surface area (Å²) >= 11 is -1.12. The van der Waals surface area contributed by atoms with E-state index in [1.807, 2.05) is 6.92 Å². The van der Waals surface area contributed by atoms with Crippen LogP contribution in [0.1, 0.15) is 33.1 Å². The van der Waals surface area contributed by atoms with Crippen molar-refractivity contribution < 1.29 is 29.4 Å². The Kier molecular flexibility index (Phi) is 7.41. The molecule has 0 saturated heterocycles. The molecule has 4 heteroatoms. The van der Waals surface area contributed by atoms with E-state index in [1.54, 1.807) is 6.92 Å². The first-order chi connectivity index (χ1) is 5.76. The zero-order valence-corrected chi connectivity index (χ0v) is 8.97. The molecule has 0 heterocycles. The molecular formula is C8H15O3V.